The molecule has 2 amide bonds. The zero-order valence-electron chi connectivity index (χ0n) is 13.3. The number of carboxylic acids is 1. The first-order valence-corrected chi connectivity index (χ1v) is 8.35. The van der Waals surface area contributed by atoms with Crippen molar-refractivity contribution in [3.05, 3.63) is 23.8 Å². The van der Waals surface area contributed by atoms with Gasteiger partial charge in [0.15, 0.2) is 0 Å². The Balaban J connectivity index is 2.57. The van der Waals surface area contributed by atoms with Crippen molar-refractivity contribution in [2.24, 2.45) is 0 Å². The molecule has 0 saturated heterocycles. The molecular formula is C15H21N3O5S. The summed E-state index contributed by atoms with van der Waals surface area (Å²) in [4.78, 5) is 34.2. The number of benzene rings is 1. The normalized spacial score (nSPS) is 10.2. The van der Waals surface area contributed by atoms with Crippen molar-refractivity contribution in [3.63, 3.8) is 0 Å². The third-order valence-corrected chi connectivity index (χ3v) is 3.82. The lowest BCUT2D eigenvalue weighted by atomic mass is 10.1. The smallest absolute Gasteiger partial charge is 0.322 e. The second kappa shape index (κ2) is 10.5. The summed E-state index contributed by atoms with van der Waals surface area (Å²) >= 11 is 1.48. The van der Waals surface area contributed by atoms with E-state index in [2.05, 4.69) is 10.6 Å². The number of nitrogens with two attached hydrogens (primary N) is 1. The fraction of sp³-hybridized carbons (Fsp3) is 0.400. The van der Waals surface area contributed by atoms with E-state index in [1.165, 1.54) is 30.0 Å². The molecule has 0 aliphatic heterocycles. The SMILES string of the molecule is COCCCSCC(=O)Nc1cc(N)cc(C(=O)NCC(=O)O)c1. The van der Waals surface area contributed by atoms with Gasteiger partial charge in [-0.3, -0.25) is 14.4 Å². The topological polar surface area (TPSA) is 131 Å². The molecule has 0 heterocycles. The van der Waals surface area contributed by atoms with E-state index in [9.17, 15) is 14.4 Å². The monoisotopic (exact) mass is 355 g/mol. The van der Waals surface area contributed by atoms with Gasteiger partial charge in [-0.05, 0) is 30.4 Å². The van der Waals surface area contributed by atoms with Gasteiger partial charge in [-0.25, -0.2) is 0 Å². The summed E-state index contributed by atoms with van der Waals surface area (Å²) < 4.78 is 4.93. The number of carbonyl (C=O) groups excluding carboxylic acids is 2. The van der Waals surface area contributed by atoms with E-state index in [1.54, 1.807) is 7.11 Å². The lowest BCUT2D eigenvalue weighted by molar-refractivity contribution is -0.135. The first-order chi connectivity index (χ1) is 11.4. The summed E-state index contributed by atoms with van der Waals surface area (Å²) in [5.41, 5.74) is 6.58. The van der Waals surface area contributed by atoms with E-state index in [1.807, 2.05) is 0 Å². The van der Waals surface area contributed by atoms with Gasteiger partial charge in [-0.2, -0.15) is 11.8 Å². The number of hydrogen-bond acceptors (Lipinski definition) is 6. The number of thioether (sulfide) groups is 1. The molecule has 5 N–H and O–H groups in total. The predicted octanol–water partition coefficient (Wildman–Crippen LogP) is 0.791. The molecule has 0 aliphatic rings. The molecule has 0 atom stereocenters. The van der Waals surface area contributed by atoms with Crippen molar-refractivity contribution in [3.8, 4) is 0 Å². The van der Waals surface area contributed by atoms with E-state index < -0.39 is 18.4 Å². The highest BCUT2D eigenvalue weighted by Gasteiger charge is 2.11. The Labute approximate surface area is 144 Å². The number of ether oxygens (including phenoxy) is 1. The molecule has 0 saturated carbocycles. The molecule has 1 aromatic rings. The molecule has 24 heavy (non-hydrogen) atoms. The zero-order valence-corrected chi connectivity index (χ0v) is 14.1. The van der Waals surface area contributed by atoms with E-state index >= 15 is 0 Å². The van der Waals surface area contributed by atoms with Crippen molar-refractivity contribution in [2.45, 2.75) is 6.42 Å². The van der Waals surface area contributed by atoms with Crippen LogP contribution in [0.1, 0.15) is 16.8 Å². The maximum atomic E-state index is 11.9. The maximum absolute atomic E-state index is 11.9. The highest BCUT2D eigenvalue weighted by Crippen LogP contribution is 2.17. The van der Waals surface area contributed by atoms with Crippen molar-refractivity contribution in [1.29, 1.82) is 0 Å². The number of anilines is 2. The molecule has 132 valence electrons. The molecule has 8 nitrogen and oxygen atoms in total. The van der Waals surface area contributed by atoms with Gasteiger partial charge in [-0.1, -0.05) is 0 Å². The average molecular weight is 355 g/mol. The fourth-order valence-electron chi connectivity index (χ4n) is 1.78. The summed E-state index contributed by atoms with van der Waals surface area (Å²) in [6, 6.07) is 4.38. The van der Waals surface area contributed by atoms with Crippen LogP contribution in [0.2, 0.25) is 0 Å². The summed E-state index contributed by atoms with van der Waals surface area (Å²) in [5, 5.41) is 13.5. The Morgan fingerprint density at radius 3 is 2.71 bits per heavy atom. The molecule has 0 unspecified atom stereocenters. The zero-order chi connectivity index (χ0) is 17.9. The van der Waals surface area contributed by atoms with Crippen molar-refractivity contribution >= 4 is 40.9 Å². The molecule has 0 spiro atoms. The first kappa shape index (κ1) is 19.8. The Bertz CT molecular complexity index is 594. The molecule has 0 fully saturated rings. The van der Waals surface area contributed by atoms with Gasteiger partial charge in [0.1, 0.15) is 6.54 Å². The third kappa shape index (κ3) is 7.84. The van der Waals surface area contributed by atoms with Crippen molar-refractivity contribution < 1.29 is 24.2 Å². The molecule has 0 aromatic heterocycles. The fourth-order valence-corrected chi connectivity index (χ4v) is 2.50. The lowest BCUT2D eigenvalue weighted by Crippen LogP contribution is -2.29. The summed E-state index contributed by atoms with van der Waals surface area (Å²) in [6.45, 7) is 0.159. The molecule has 0 bridgehead atoms. The van der Waals surface area contributed by atoms with Crippen LogP contribution < -0.4 is 16.4 Å². The van der Waals surface area contributed by atoms with Crippen LogP contribution in [0, 0.1) is 0 Å². The van der Waals surface area contributed by atoms with Gasteiger partial charge < -0.3 is 26.2 Å². The minimum Gasteiger partial charge on any atom is -0.480 e. The highest BCUT2D eigenvalue weighted by atomic mass is 32.2. The minimum absolute atomic E-state index is 0.180. The van der Waals surface area contributed by atoms with Crippen LogP contribution in [0.4, 0.5) is 11.4 Å². The van der Waals surface area contributed by atoms with Crippen LogP contribution in [-0.2, 0) is 14.3 Å². The summed E-state index contributed by atoms with van der Waals surface area (Å²) in [6.07, 6.45) is 0.862. The van der Waals surface area contributed by atoms with E-state index in [0.29, 0.717) is 18.0 Å². The van der Waals surface area contributed by atoms with Gasteiger partial charge >= 0.3 is 5.97 Å². The number of amides is 2. The molecule has 1 aromatic carbocycles. The van der Waals surface area contributed by atoms with Crippen LogP contribution in [-0.4, -0.2) is 54.7 Å². The van der Waals surface area contributed by atoms with Crippen LogP contribution in [0.15, 0.2) is 18.2 Å². The van der Waals surface area contributed by atoms with Gasteiger partial charge in [0.2, 0.25) is 5.91 Å². The quantitative estimate of drug-likeness (QED) is 0.360. The lowest BCUT2D eigenvalue weighted by Gasteiger charge is -2.09. The number of aliphatic carboxylic acids is 1. The summed E-state index contributed by atoms with van der Waals surface area (Å²) in [5.74, 6) is -0.847. The Morgan fingerprint density at radius 2 is 2.04 bits per heavy atom. The largest absolute Gasteiger partial charge is 0.480 e. The average Bonchev–Trinajstić information content (AvgIpc) is 2.51. The third-order valence-electron chi connectivity index (χ3n) is 2.77. The van der Waals surface area contributed by atoms with Gasteiger partial charge in [0.05, 0.1) is 5.75 Å². The molecule has 0 aliphatic carbocycles. The Hall–Kier alpha value is -2.26. The van der Waals surface area contributed by atoms with E-state index in [-0.39, 0.29) is 17.2 Å². The Kier molecular flexibility index (Phi) is 8.66. The van der Waals surface area contributed by atoms with Gasteiger partial charge in [0.25, 0.3) is 5.91 Å². The van der Waals surface area contributed by atoms with Crippen LogP contribution in [0.25, 0.3) is 0 Å². The standard InChI is InChI=1S/C15H21N3O5S/c1-23-3-2-4-24-9-13(19)18-12-6-10(5-11(16)7-12)15(22)17-8-14(20)21/h5-7H,2-4,8-9,16H2,1H3,(H,17,22)(H,18,19)(H,20,21). The minimum atomic E-state index is -1.15. The molecule has 9 heteroatoms. The Morgan fingerprint density at radius 1 is 1.29 bits per heavy atom. The number of carbonyl (C=O) groups is 3. The number of methoxy groups -OCH3 is 1. The predicted molar refractivity (Wildman–Crippen MR) is 93.3 cm³/mol. The number of carboxylic acid groups (broad SMARTS) is 1. The number of hydrogen-bond donors (Lipinski definition) is 4. The first-order valence-electron chi connectivity index (χ1n) is 7.19. The second-order valence-corrected chi connectivity index (χ2v) is 5.97. The van der Waals surface area contributed by atoms with Crippen molar-refractivity contribution in [1.82, 2.24) is 5.32 Å². The van der Waals surface area contributed by atoms with Gasteiger partial charge in [-0.15, -0.1) is 0 Å². The highest BCUT2D eigenvalue weighted by molar-refractivity contribution is 7.99. The van der Waals surface area contributed by atoms with Crippen LogP contribution in [0.5, 0.6) is 0 Å². The van der Waals surface area contributed by atoms with E-state index in [4.69, 9.17) is 15.6 Å². The van der Waals surface area contributed by atoms with Crippen molar-refractivity contribution in [2.75, 3.05) is 42.8 Å². The van der Waals surface area contributed by atoms with Gasteiger partial charge in [0, 0.05) is 30.7 Å². The van der Waals surface area contributed by atoms with Crippen LogP contribution in [0.3, 0.4) is 0 Å². The maximum Gasteiger partial charge on any atom is 0.322 e. The second-order valence-electron chi connectivity index (χ2n) is 4.87. The number of nitrogen functional groups attached to an aromatic ring is 1. The molecular weight excluding hydrogens is 334 g/mol. The molecule has 1 rings (SSSR count). The summed E-state index contributed by atoms with van der Waals surface area (Å²) in [7, 11) is 1.63. The van der Waals surface area contributed by atoms with E-state index in [0.717, 1.165) is 12.2 Å². The molecule has 0 radical (unpaired) electrons. The number of rotatable bonds is 10. The number of nitrogens with one attached hydrogen (secondary N) is 2. The van der Waals surface area contributed by atoms with Crippen LogP contribution >= 0.6 is 11.8 Å².